The van der Waals surface area contributed by atoms with E-state index >= 15 is 0 Å². The molecule has 1 aliphatic rings. The van der Waals surface area contributed by atoms with Crippen molar-refractivity contribution in [3.8, 4) is 0 Å². The van der Waals surface area contributed by atoms with E-state index in [0.717, 1.165) is 6.20 Å². The SMILES string of the molecule is NC1=NC(Cl)N(c2c([N+](=O)[O-])cc(C(F)(F)F)c(Cl)c2[N+](=O)[O-])C=C1Cl. The van der Waals surface area contributed by atoms with E-state index in [1.165, 1.54) is 0 Å². The lowest BCUT2D eigenvalue weighted by atomic mass is 10.1. The van der Waals surface area contributed by atoms with Gasteiger partial charge in [-0.25, -0.2) is 4.99 Å². The number of amidine groups is 1. The van der Waals surface area contributed by atoms with Crippen LogP contribution in [0.25, 0.3) is 0 Å². The van der Waals surface area contributed by atoms with Crippen molar-refractivity contribution >= 4 is 57.7 Å². The third-order valence-electron chi connectivity index (χ3n) is 3.11. The van der Waals surface area contributed by atoms with E-state index in [1.807, 2.05) is 0 Å². The molecule has 1 aromatic rings. The zero-order valence-electron chi connectivity index (χ0n) is 12.0. The van der Waals surface area contributed by atoms with Gasteiger partial charge in [-0.15, -0.1) is 0 Å². The summed E-state index contributed by atoms with van der Waals surface area (Å²) in [6, 6.07) is 0.0672. The Morgan fingerprint density at radius 1 is 1.23 bits per heavy atom. The first kappa shape index (κ1) is 20.0. The van der Waals surface area contributed by atoms with Crippen LogP contribution in [0.2, 0.25) is 5.02 Å². The highest BCUT2D eigenvalue weighted by Crippen LogP contribution is 2.50. The summed E-state index contributed by atoms with van der Waals surface area (Å²) in [7, 11) is 0. The molecule has 1 heterocycles. The Bertz CT molecular complexity index is 874. The molecule has 2 N–H and O–H groups in total. The van der Waals surface area contributed by atoms with E-state index in [0.29, 0.717) is 4.90 Å². The Hall–Kier alpha value is -2.31. The van der Waals surface area contributed by atoms with Gasteiger partial charge >= 0.3 is 17.6 Å². The van der Waals surface area contributed by atoms with Gasteiger partial charge in [0.2, 0.25) is 11.3 Å². The molecular weight excluding hydrogens is 430 g/mol. The highest BCUT2D eigenvalue weighted by Gasteiger charge is 2.44. The molecule has 9 nitrogen and oxygen atoms in total. The van der Waals surface area contributed by atoms with Gasteiger partial charge in [0.05, 0.1) is 20.4 Å². The van der Waals surface area contributed by atoms with Crippen LogP contribution in [0.1, 0.15) is 5.56 Å². The highest BCUT2D eigenvalue weighted by molar-refractivity contribution is 6.44. The van der Waals surface area contributed by atoms with Crippen molar-refractivity contribution in [2.24, 2.45) is 10.7 Å². The number of anilines is 1. The first-order chi connectivity index (χ1) is 11.9. The number of benzene rings is 1. The van der Waals surface area contributed by atoms with Gasteiger partial charge in [0.15, 0.2) is 0 Å². The summed E-state index contributed by atoms with van der Waals surface area (Å²) < 4.78 is 39.2. The van der Waals surface area contributed by atoms with Crippen molar-refractivity contribution in [1.82, 2.24) is 0 Å². The molecule has 1 aliphatic heterocycles. The van der Waals surface area contributed by atoms with Gasteiger partial charge in [-0.05, 0) is 0 Å². The molecule has 15 heteroatoms. The van der Waals surface area contributed by atoms with Crippen LogP contribution in [0.15, 0.2) is 22.3 Å². The fourth-order valence-electron chi connectivity index (χ4n) is 2.05. The van der Waals surface area contributed by atoms with Crippen molar-refractivity contribution in [3.05, 3.63) is 48.1 Å². The van der Waals surface area contributed by atoms with Crippen molar-refractivity contribution in [3.63, 3.8) is 0 Å². The summed E-state index contributed by atoms with van der Waals surface area (Å²) in [6.45, 7) is 0. The lowest BCUT2D eigenvalue weighted by Crippen LogP contribution is -2.33. The molecule has 0 aromatic heterocycles. The van der Waals surface area contributed by atoms with E-state index in [2.05, 4.69) is 4.99 Å². The Balaban J connectivity index is 2.91. The maximum Gasteiger partial charge on any atom is 0.418 e. The molecule has 0 radical (unpaired) electrons. The van der Waals surface area contributed by atoms with Crippen LogP contribution < -0.4 is 10.6 Å². The number of hydrogen-bond acceptors (Lipinski definition) is 7. The number of hydrogen-bond donors (Lipinski definition) is 1. The zero-order chi connectivity index (χ0) is 20.0. The van der Waals surface area contributed by atoms with E-state index in [9.17, 15) is 33.4 Å². The molecule has 2 rings (SSSR count). The molecule has 0 bridgehead atoms. The quantitative estimate of drug-likeness (QED) is 0.332. The Labute approximate surface area is 156 Å². The van der Waals surface area contributed by atoms with Crippen LogP contribution in [0.3, 0.4) is 0 Å². The monoisotopic (exact) mass is 433 g/mol. The number of halogens is 6. The predicted octanol–water partition coefficient (Wildman–Crippen LogP) is 3.96. The minimum Gasteiger partial charge on any atom is -0.383 e. The van der Waals surface area contributed by atoms with Gasteiger partial charge in [0.25, 0.3) is 0 Å². The second kappa shape index (κ2) is 6.78. The topological polar surface area (TPSA) is 128 Å². The van der Waals surface area contributed by atoms with Gasteiger partial charge in [-0.2, -0.15) is 13.2 Å². The van der Waals surface area contributed by atoms with Crippen molar-refractivity contribution in [2.75, 3.05) is 4.90 Å². The van der Waals surface area contributed by atoms with Crippen LogP contribution in [0.4, 0.5) is 30.2 Å². The second-order valence-corrected chi connectivity index (χ2v) is 5.85. The smallest absolute Gasteiger partial charge is 0.383 e. The van der Waals surface area contributed by atoms with E-state index in [4.69, 9.17) is 40.5 Å². The summed E-state index contributed by atoms with van der Waals surface area (Å²) in [6.07, 6.45) is -4.32. The molecule has 0 saturated carbocycles. The normalized spacial score (nSPS) is 17.6. The number of nitrogens with zero attached hydrogens (tertiary/aromatic N) is 4. The first-order valence-corrected chi connectivity index (χ1v) is 7.41. The summed E-state index contributed by atoms with van der Waals surface area (Å²) in [5.41, 5.74) is -1.46. The third kappa shape index (κ3) is 3.48. The van der Waals surface area contributed by atoms with Gasteiger partial charge in [0, 0.05) is 12.3 Å². The van der Waals surface area contributed by atoms with Crippen LogP contribution in [0.5, 0.6) is 0 Å². The maximum absolute atomic E-state index is 13.1. The molecule has 0 amide bonds. The molecule has 0 saturated heterocycles. The largest absolute Gasteiger partial charge is 0.418 e. The molecular formula is C11H5Cl3F3N5O4. The Morgan fingerprint density at radius 2 is 1.81 bits per heavy atom. The van der Waals surface area contributed by atoms with Crippen molar-refractivity contribution < 1.29 is 23.0 Å². The summed E-state index contributed by atoms with van der Waals surface area (Å²) in [5, 5.41) is 21.0. The summed E-state index contributed by atoms with van der Waals surface area (Å²) >= 11 is 17.1. The van der Waals surface area contributed by atoms with E-state index in [1.54, 1.807) is 0 Å². The number of aliphatic imine (C=N–C) groups is 1. The highest BCUT2D eigenvalue weighted by atomic mass is 35.5. The summed E-state index contributed by atoms with van der Waals surface area (Å²) in [4.78, 5) is 24.3. The van der Waals surface area contributed by atoms with Gasteiger partial charge in [-0.1, -0.05) is 34.8 Å². The maximum atomic E-state index is 13.1. The van der Waals surface area contributed by atoms with Gasteiger partial charge < -0.3 is 5.73 Å². The molecule has 140 valence electrons. The standard InChI is InChI=1S/C11H5Cl3F3N5O4/c12-4-2-20(10(14)19-9(4)18)7-5(21(23)24)1-3(11(15,16)17)6(13)8(7)22(25)26/h1-2,10H,(H2,18,19). The first-order valence-electron chi connectivity index (χ1n) is 6.22. The molecule has 1 unspecified atom stereocenters. The van der Waals surface area contributed by atoms with E-state index in [-0.39, 0.29) is 16.9 Å². The Morgan fingerprint density at radius 3 is 2.27 bits per heavy atom. The zero-order valence-corrected chi connectivity index (χ0v) is 14.3. The number of nitro benzene ring substituents is 2. The molecule has 0 fully saturated rings. The number of alkyl halides is 4. The minimum atomic E-state index is -5.18. The molecule has 1 aromatic carbocycles. The van der Waals surface area contributed by atoms with Crippen LogP contribution in [0, 0.1) is 20.2 Å². The molecule has 0 spiro atoms. The predicted molar refractivity (Wildman–Crippen MR) is 87.4 cm³/mol. The average Bonchev–Trinajstić information content (AvgIpc) is 2.48. The van der Waals surface area contributed by atoms with Crippen molar-refractivity contribution in [1.29, 1.82) is 0 Å². The van der Waals surface area contributed by atoms with Crippen LogP contribution in [-0.4, -0.2) is 21.3 Å². The Kier molecular flexibility index (Phi) is 5.21. The molecule has 0 aliphatic carbocycles. The van der Waals surface area contributed by atoms with Crippen LogP contribution in [-0.2, 0) is 6.18 Å². The fraction of sp³-hybridized carbons (Fsp3) is 0.182. The minimum absolute atomic E-state index is 0.0672. The molecule has 1 atom stereocenters. The second-order valence-electron chi connectivity index (χ2n) is 4.68. The fourth-order valence-corrected chi connectivity index (χ4v) is 2.78. The lowest BCUT2D eigenvalue weighted by molar-refractivity contribution is -0.392. The van der Waals surface area contributed by atoms with Crippen molar-refractivity contribution in [2.45, 2.75) is 11.8 Å². The average molecular weight is 435 g/mol. The molecule has 26 heavy (non-hydrogen) atoms. The number of rotatable bonds is 3. The lowest BCUT2D eigenvalue weighted by Gasteiger charge is -2.27. The third-order valence-corrected chi connectivity index (χ3v) is 4.09. The van der Waals surface area contributed by atoms with E-state index < -0.39 is 49.3 Å². The summed E-state index contributed by atoms with van der Waals surface area (Å²) in [5.74, 6) is -0.272. The number of nitrogens with two attached hydrogens (primary N) is 1. The van der Waals surface area contributed by atoms with Gasteiger partial charge in [-0.3, -0.25) is 25.1 Å². The number of nitro groups is 2. The van der Waals surface area contributed by atoms with Gasteiger partial charge in [0.1, 0.15) is 10.9 Å². The van der Waals surface area contributed by atoms with Crippen LogP contribution >= 0.6 is 34.8 Å².